The number of aromatic nitrogens is 1. The summed E-state index contributed by atoms with van der Waals surface area (Å²) in [6.07, 6.45) is 7.14. The molecule has 1 aromatic rings. The minimum atomic E-state index is 0.00911. The van der Waals surface area contributed by atoms with Crippen LogP contribution in [0.2, 0.25) is 0 Å². The molecule has 1 fully saturated rings. The molecular formula is C16H27N3. The molecule has 1 aliphatic rings. The Labute approximate surface area is 117 Å². The van der Waals surface area contributed by atoms with Crippen molar-refractivity contribution in [2.45, 2.75) is 58.5 Å². The zero-order valence-electron chi connectivity index (χ0n) is 12.7. The van der Waals surface area contributed by atoms with Crippen LogP contribution in [0.4, 0.5) is 5.69 Å². The monoisotopic (exact) mass is 261 g/mol. The van der Waals surface area contributed by atoms with E-state index in [0.29, 0.717) is 11.5 Å². The molecule has 1 atom stereocenters. The molecular weight excluding hydrogens is 234 g/mol. The van der Waals surface area contributed by atoms with Gasteiger partial charge in [-0.25, -0.2) is 0 Å². The Morgan fingerprint density at radius 2 is 1.95 bits per heavy atom. The summed E-state index contributed by atoms with van der Waals surface area (Å²) in [6.45, 7) is 6.72. The molecule has 1 heterocycles. The lowest BCUT2D eigenvalue weighted by molar-refractivity contribution is 0.222. The lowest BCUT2D eigenvalue weighted by Crippen LogP contribution is -2.37. The second kappa shape index (κ2) is 5.49. The molecule has 1 aromatic heterocycles. The highest BCUT2D eigenvalue weighted by Crippen LogP contribution is 2.37. The van der Waals surface area contributed by atoms with E-state index in [1.54, 1.807) is 0 Å². The molecule has 1 saturated carbocycles. The summed E-state index contributed by atoms with van der Waals surface area (Å²) >= 11 is 0. The van der Waals surface area contributed by atoms with E-state index >= 15 is 0 Å². The molecule has 3 heteroatoms. The first-order chi connectivity index (χ1) is 8.89. The van der Waals surface area contributed by atoms with Gasteiger partial charge in [-0.15, -0.1) is 0 Å². The minimum Gasteiger partial charge on any atom is -0.370 e. The van der Waals surface area contributed by atoms with E-state index in [0.717, 1.165) is 5.69 Å². The summed E-state index contributed by atoms with van der Waals surface area (Å²) < 4.78 is 0. The number of anilines is 1. The van der Waals surface area contributed by atoms with Gasteiger partial charge in [0.05, 0.1) is 17.6 Å². The standard InChI is InChI=1S/C16H27N3/c1-12(17)15-6-5-14(11-18-15)19(4)13-7-9-16(2,3)10-8-13/h5-6,11-13H,7-10,17H2,1-4H3/t12-/m1/s1. The third-order valence-electron chi connectivity index (χ3n) is 4.50. The van der Waals surface area contributed by atoms with Gasteiger partial charge in [0.2, 0.25) is 0 Å². The average molecular weight is 261 g/mol. The number of nitrogens with zero attached hydrogens (tertiary/aromatic N) is 2. The van der Waals surface area contributed by atoms with Gasteiger partial charge in [-0.3, -0.25) is 4.98 Å². The maximum absolute atomic E-state index is 5.84. The van der Waals surface area contributed by atoms with Crippen molar-refractivity contribution in [2.75, 3.05) is 11.9 Å². The van der Waals surface area contributed by atoms with Gasteiger partial charge in [0, 0.05) is 19.1 Å². The lowest BCUT2D eigenvalue weighted by Gasteiger charge is -2.39. The van der Waals surface area contributed by atoms with Gasteiger partial charge in [-0.1, -0.05) is 13.8 Å². The van der Waals surface area contributed by atoms with E-state index in [9.17, 15) is 0 Å². The van der Waals surface area contributed by atoms with Crippen LogP contribution in [0.25, 0.3) is 0 Å². The van der Waals surface area contributed by atoms with E-state index in [2.05, 4.69) is 36.8 Å². The molecule has 0 radical (unpaired) electrons. The van der Waals surface area contributed by atoms with Crippen LogP contribution in [0.15, 0.2) is 18.3 Å². The molecule has 0 amide bonds. The molecule has 19 heavy (non-hydrogen) atoms. The first kappa shape index (κ1) is 14.3. The minimum absolute atomic E-state index is 0.00911. The third kappa shape index (κ3) is 3.47. The molecule has 2 rings (SSSR count). The van der Waals surface area contributed by atoms with Gasteiger partial charge < -0.3 is 10.6 Å². The predicted molar refractivity (Wildman–Crippen MR) is 81.3 cm³/mol. The summed E-state index contributed by atoms with van der Waals surface area (Å²) in [5.41, 5.74) is 8.52. The van der Waals surface area contributed by atoms with Crippen molar-refractivity contribution in [1.82, 2.24) is 4.98 Å². The van der Waals surface area contributed by atoms with Crippen molar-refractivity contribution < 1.29 is 0 Å². The quantitative estimate of drug-likeness (QED) is 0.905. The Morgan fingerprint density at radius 1 is 1.32 bits per heavy atom. The molecule has 3 nitrogen and oxygen atoms in total. The Kier molecular flexibility index (Phi) is 4.14. The SMILES string of the molecule is C[C@@H](N)c1ccc(N(C)C2CCC(C)(C)CC2)cn1. The van der Waals surface area contributed by atoms with Crippen molar-refractivity contribution in [3.63, 3.8) is 0 Å². The highest BCUT2D eigenvalue weighted by Gasteiger charge is 2.28. The Balaban J connectivity index is 2.02. The summed E-state index contributed by atoms with van der Waals surface area (Å²) in [5.74, 6) is 0. The van der Waals surface area contributed by atoms with Crippen LogP contribution in [0, 0.1) is 5.41 Å². The predicted octanol–water partition coefficient (Wildman–Crippen LogP) is 3.51. The largest absolute Gasteiger partial charge is 0.370 e. The molecule has 0 spiro atoms. The maximum atomic E-state index is 5.84. The van der Waals surface area contributed by atoms with Crippen LogP contribution in [-0.4, -0.2) is 18.1 Å². The second-order valence-corrected chi connectivity index (χ2v) is 6.74. The van der Waals surface area contributed by atoms with E-state index < -0.39 is 0 Å². The number of hydrogen-bond donors (Lipinski definition) is 1. The number of hydrogen-bond acceptors (Lipinski definition) is 3. The summed E-state index contributed by atoms with van der Waals surface area (Å²) in [5, 5.41) is 0. The summed E-state index contributed by atoms with van der Waals surface area (Å²) in [6, 6.07) is 4.85. The van der Waals surface area contributed by atoms with Crippen LogP contribution < -0.4 is 10.6 Å². The van der Waals surface area contributed by atoms with E-state index in [1.165, 1.54) is 31.4 Å². The Bertz CT molecular complexity index is 399. The fourth-order valence-electron chi connectivity index (χ4n) is 2.86. The molecule has 0 bridgehead atoms. The van der Waals surface area contributed by atoms with Crippen molar-refractivity contribution in [2.24, 2.45) is 11.1 Å². The number of pyridine rings is 1. The van der Waals surface area contributed by atoms with Gasteiger partial charge in [0.15, 0.2) is 0 Å². The normalized spacial score (nSPS) is 21.1. The molecule has 0 aliphatic heterocycles. The fourth-order valence-corrected chi connectivity index (χ4v) is 2.86. The van der Waals surface area contributed by atoms with Crippen LogP contribution >= 0.6 is 0 Å². The molecule has 0 unspecified atom stereocenters. The number of nitrogens with two attached hydrogens (primary N) is 1. The molecule has 0 aromatic carbocycles. The number of rotatable bonds is 3. The van der Waals surface area contributed by atoms with Crippen molar-refractivity contribution in [3.8, 4) is 0 Å². The van der Waals surface area contributed by atoms with E-state index in [4.69, 9.17) is 5.73 Å². The van der Waals surface area contributed by atoms with Gasteiger partial charge in [0.25, 0.3) is 0 Å². The van der Waals surface area contributed by atoms with Gasteiger partial charge >= 0.3 is 0 Å². The van der Waals surface area contributed by atoms with Gasteiger partial charge in [-0.05, 0) is 50.2 Å². The van der Waals surface area contributed by atoms with E-state index in [1.807, 2.05) is 19.2 Å². The van der Waals surface area contributed by atoms with Gasteiger partial charge in [0.1, 0.15) is 0 Å². The maximum Gasteiger partial charge on any atom is 0.0569 e. The van der Waals surface area contributed by atoms with Crippen LogP contribution in [-0.2, 0) is 0 Å². The third-order valence-corrected chi connectivity index (χ3v) is 4.50. The highest BCUT2D eigenvalue weighted by molar-refractivity contribution is 5.45. The zero-order chi connectivity index (χ0) is 14.0. The molecule has 0 saturated heterocycles. The van der Waals surface area contributed by atoms with Crippen molar-refractivity contribution in [3.05, 3.63) is 24.0 Å². The Morgan fingerprint density at radius 3 is 2.42 bits per heavy atom. The van der Waals surface area contributed by atoms with Crippen LogP contribution in [0.3, 0.4) is 0 Å². The first-order valence-electron chi connectivity index (χ1n) is 7.33. The van der Waals surface area contributed by atoms with E-state index in [-0.39, 0.29) is 6.04 Å². The first-order valence-corrected chi connectivity index (χ1v) is 7.33. The highest BCUT2D eigenvalue weighted by atomic mass is 15.1. The summed E-state index contributed by atoms with van der Waals surface area (Å²) in [4.78, 5) is 6.84. The zero-order valence-corrected chi connectivity index (χ0v) is 12.7. The van der Waals surface area contributed by atoms with Crippen molar-refractivity contribution >= 4 is 5.69 Å². The summed E-state index contributed by atoms with van der Waals surface area (Å²) in [7, 11) is 2.19. The smallest absolute Gasteiger partial charge is 0.0569 e. The lowest BCUT2D eigenvalue weighted by atomic mass is 9.75. The molecule has 106 valence electrons. The molecule has 2 N–H and O–H groups in total. The van der Waals surface area contributed by atoms with Crippen molar-refractivity contribution in [1.29, 1.82) is 0 Å². The average Bonchev–Trinajstić information content (AvgIpc) is 2.38. The molecule has 1 aliphatic carbocycles. The topological polar surface area (TPSA) is 42.1 Å². The van der Waals surface area contributed by atoms with Gasteiger partial charge in [-0.2, -0.15) is 0 Å². The Hall–Kier alpha value is -1.09. The fraction of sp³-hybridized carbons (Fsp3) is 0.688. The van der Waals surface area contributed by atoms with Crippen LogP contribution in [0.1, 0.15) is 58.2 Å². The second-order valence-electron chi connectivity index (χ2n) is 6.74. The van der Waals surface area contributed by atoms with Crippen LogP contribution in [0.5, 0.6) is 0 Å².